The Balaban J connectivity index is 2.42. The first-order chi connectivity index (χ1) is 7.76. The summed E-state index contributed by atoms with van der Waals surface area (Å²) in [6.07, 6.45) is 6.23. The van der Waals surface area contributed by atoms with E-state index in [0.717, 1.165) is 17.7 Å². The highest BCUT2D eigenvalue weighted by Crippen LogP contribution is 2.08. The van der Waals surface area contributed by atoms with Crippen molar-refractivity contribution in [2.24, 2.45) is 0 Å². The molecule has 0 radical (unpaired) electrons. The molecule has 2 N–H and O–H groups in total. The van der Waals surface area contributed by atoms with Gasteiger partial charge in [-0.3, -0.25) is 4.79 Å². The molecule has 0 fully saturated rings. The van der Waals surface area contributed by atoms with Crippen LogP contribution in [0.2, 0.25) is 0 Å². The van der Waals surface area contributed by atoms with E-state index < -0.39 is 0 Å². The van der Waals surface area contributed by atoms with Gasteiger partial charge in [-0.2, -0.15) is 0 Å². The fourth-order valence-corrected chi connectivity index (χ4v) is 1.23. The molecule has 84 valence electrons. The Morgan fingerprint density at radius 1 is 1.50 bits per heavy atom. The predicted molar refractivity (Wildman–Crippen MR) is 66.2 cm³/mol. The molecule has 1 aromatic rings. The fourth-order valence-electron chi connectivity index (χ4n) is 1.23. The van der Waals surface area contributed by atoms with Crippen molar-refractivity contribution in [1.82, 2.24) is 5.32 Å². The molecule has 1 aromatic carbocycles. The smallest absolute Gasteiger partial charge is 0.239 e. The van der Waals surface area contributed by atoms with Crippen molar-refractivity contribution in [1.29, 1.82) is 0 Å². The van der Waals surface area contributed by atoms with Crippen molar-refractivity contribution >= 4 is 11.6 Å². The van der Waals surface area contributed by atoms with Crippen LogP contribution in [-0.2, 0) is 4.79 Å². The highest BCUT2D eigenvalue weighted by Gasteiger charge is 1.99. The highest BCUT2D eigenvalue weighted by molar-refractivity contribution is 5.80. The lowest BCUT2D eigenvalue weighted by atomic mass is 10.2. The van der Waals surface area contributed by atoms with E-state index in [9.17, 15) is 4.79 Å². The Labute approximate surface area is 96.2 Å². The monoisotopic (exact) mass is 216 g/mol. The average Bonchev–Trinajstić information content (AvgIpc) is 2.34. The summed E-state index contributed by atoms with van der Waals surface area (Å²) in [6, 6.07) is 7.44. The van der Waals surface area contributed by atoms with Gasteiger partial charge in [0, 0.05) is 17.8 Å². The molecule has 0 aliphatic rings. The van der Waals surface area contributed by atoms with Gasteiger partial charge in [-0.15, -0.1) is 6.42 Å². The van der Waals surface area contributed by atoms with Crippen LogP contribution in [0, 0.1) is 12.3 Å². The SMILES string of the molecule is C#Cc1cccc(NCC(=O)NCCC)c1. The summed E-state index contributed by atoms with van der Waals surface area (Å²) in [7, 11) is 0. The molecule has 3 heteroatoms. The van der Waals surface area contributed by atoms with Crippen LogP contribution in [0.5, 0.6) is 0 Å². The minimum Gasteiger partial charge on any atom is -0.376 e. The molecular formula is C13H16N2O. The van der Waals surface area contributed by atoms with Gasteiger partial charge in [0.25, 0.3) is 0 Å². The van der Waals surface area contributed by atoms with Crippen LogP contribution in [0.15, 0.2) is 24.3 Å². The lowest BCUT2D eigenvalue weighted by Gasteiger charge is -2.07. The second kappa shape index (κ2) is 6.52. The lowest BCUT2D eigenvalue weighted by Crippen LogP contribution is -2.30. The van der Waals surface area contributed by atoms with Crippen molar-refractivity contribution < 1.29 is 4.79 Å². The molecule has 0 saturated carbocycles. The first kappa shape index (κ1) is 12.1. The molecule has 0 aliphatic carbocycles. The van der Waals surface area contributed by atoms with E-state index in [-0.39, 0.29) is 12.5 Å². The number of carbonyl (C=O) groups is 1. The zero-order valence-corrected chi connectivity index (χ0v) is 9.42. The van der Waals surface area contributed by atoms with Crippen molar-refractivity contribution in [2.75, 3.05) is 18.4 Å². The van der Waals surface area contributed by atoms with Gasteiger partial charge < -0.3 is 10.6 Å². The van der Waals surface area contributed by atoms with E-state index in [1.807, 2.05) is 31.2 Å². The van der Waals surface area contributed by atoms with E-state index >= 15 is 0 Å². The molecule has 3 nitrogen and oxygen atoms in total. The molecule has 0 heterocycles. The topological polar surface area (TPSA) is 41.1 Å². The lowest BCUT2D eigenvalue weighted by molar-refractivity contribution is -0.119. The highest BCUT2D eigenvalue weighted by atomic mass is 16.1. The number of nitrogens with one attached hydrogen (secondary N) is 2. The number of rotatable bonds is 5. The van der Waals surface area contributed by atoms with Crippen LogP contribution in [0.25, 0.3) is 0 Å². The Morgan fingerprint density at radius 3 is 3.00 bits per heavy atom. The van der Waals surface area contributed by atoms with Gasteiger partial charge in [-0.1, -0.05) is 18.9 Å². The minimum absolute atomic E-state index is 0.00652. The van der Waals surface area contributed by atoms with Gasteiger partial charge in [0.2, 0.25) is 5.91 Å². The van der Waals surface area contributed by atoms with Gasteiger partial charge in [-0.05, 0) is 24.6 Å². The van der Waals surface area contributed by atoms with Crippen LogP contribution >= 0.6 is 0 Å². The number of hydrogen-bond donors (Lipinski definition) is 2. The Morgan fingerprint density at radius 2 is 2.31 bits per heavy atom. The molecule has 1 amide bonds. The third-order valence-electron chi connectivity index (χ3n) is 2.05. The molecule has 0 aromatic heterocycles. The standard InChI is InChI=1S/C13H16N2O/c1-3-8-14-13(16)10-15-12-7-5-6-11(4-2)9-12/h2,5-7,9,15H,3,8,10H2,1H3,(H,14,16). The zero-order valence-electron chi connectivity index (χ0n) is 9.42. The Bertz CT molecular complexity index is 393. The maximum atomic E-state index is 11.3. The number of terminal acetylenes is 1. The maximum Gasteiger partial charge on any atom is 0.239 e. The van der Waals surface area contributed by atoms with E-state index in [4.69, 9.17) is 6.42 Å². The molecule has 0 atom stereocenters. The molecule has 0 spiro atoms. The number of carbonyl (C=O) groups excluding carboxylic acids is 1. The van der Waals surface area contributed by atoms with Crippen molar-refractivity contribution in [3.05, 3.63) is 29.8 Å². The van der Waals surface area contributed by atoms with Gasteiger partial charge in [-0.25, -0.2) is 0 Å². The molecule has 0 saturated heterocycles. The summed E-state index contributed by atoms with van der Waals surface area (Å²) in [4.78, 5) is 11.3. The molecule has 1 rings (SSSR count). The van der Waals surface area contributed by atoms with Crippen molar-refractivity contribution in [3.8, 4) is 12.3 Å². The zero-order chi connectivity index (χ0) is 11.8. The van der Waals surface area contributed by atoms with Crippen LogP contribution < -0.4 is 10.6 Å². The molecule has 0 unspecified atom stereocenters. The van der Waals surface area contributed by atoms with E-state index in [0.29, 0.717) is 6.54 Å². The van der Waals surface area contributed by atoms with Crippen LogP contribution in [0.4, 0.5) is 5.69 Å². The van der Waals surface area contributed by atoms with Gasteiger partial charge in [0.05, 0.1) is 6.54 Å². The van der Waals surface area contributed by atoms with Crippen LogP contribution in [-0.4, -0.2) is 19.0 Å². The summed E-state index contributed by atoms with van der Waals surface area (Å²) in [5, 5.41) is 5.81. The van der Waals surface area contributed by atoms with E-state index in [1.54, 1.807) is 0 Å². The number of benzene rings is 1. The summed E-state index contributed by atoms with van der Waals surface area (Å²) in [5.74, 6) is 2.54. The number of hydrogen-bond acceptors (Lipinski definition) is 2. The predicted octanol–water partition coefficient (Wildman–Crippen LogP) is 1.61. The molecular weight excluding hydrogens is 200 g/mol. The second-order valence-corrected chi connectivity index (χ2v) is 3.43. The third kappa shape index (κ3) is 4.05. The Hall–Kier alpha value is -1.95. The van der Waals surface area contributed by atoms with Gasteiger partial charge >= 0.3 is 0 Å². The number of anilines is 1. The molecule has 16 heavy (non-hydrogen) atoms. The first-order valence-electron chi connectivity index (χ1n) is 5.33. The quantitative estimate of drug-likeness (QED) is 0.734. The maximum absolute atomic E-state index is 11.3. The van der Waals surface area contributed by atoms with Crippen molar-refractivity contribution in [2.45, 2.75) is 13.3 Å². The van der Waals surface area contributed by atoms with Gasteiger partial charge in [0.15, 0.2) is 0 Å². The first-order valence-corrected chi connectivity index (χ1v) is 5.33. The summed E-state index contributed by atoms with van der Waals surface area (Å²) < 4.78 is 0. The van der Waals surface area contributed by atoms with Crippen molar-refractivity contribution in [3.63, 3.8) is 0 Å². The average molecular weight is 216 g/mol. The van der Waals surface area contributed by atoms with Crippen LogP contribution in [0.3, 0.4) is 0 Å². The normalized spacial score (nSPS) is 9.25. The van der Waals surface area contributed by atoms with E-state index in [1.165, 1.54) is 0 Å². The molecule has 0 aliphatic heterocycles. The summed E-state index contributed by atoms with van der Waals surface area (Å²) in [6.45, 7) is 3.00. The van der Waals surface area contributed by atoms with Gasteiger partial charge in [0.1, 0.15) is 0 Å². The summed E-state index contributed by atoms with van der Waals surface area (Å²) in [5.41, 5.74) is 1.67. The number of amides is 1. The second-order valence-electron chi connectivity index (χ2n) is 3.43. The summed E-state index contributed by atoms with van der Waals surface area (Å²) >= 11 is 0. The fraction of sp³-hybridized carbons (Fsp3) is 0.308. The third-order valence-corrected chi connectivity index (χ3v) is 2.05. The van der Waals surface area contributed by atoms with E-state index in [2.05, 4.69) is 16.6 Å². The van der Waals surface area contributed by atoms with Crippen LogP contribution in [0.1, 0.15) is 18.9 Å². The molecule has 0 bridgehead atoms. The Kier molecular flexibility index (Phi) is 4.94. The minimum atomic E-state index is -0.00652. The largest absolute Gasteiger partial charge is 0.376 e.